The van der Waals surface area contributed by atoms with Crippen molar-refractivity contribution in [2.75, 3.05) is 18.4 Å². The van der Waals surface area contributed by atoms with Gasteiger partial charge in [0.1, 0.15) is 0 Å². The second kappa shape index (κ2) is 6.22. The molecule has 1 N–H and O–H groups in total. The molecule has 1 fully saturated rings. The molecule has 0 unspecified atom stereocenters. The van der Waals surface area contributed by atoms with Gasteiger partial charge in [0.2, 0.25) is 0 Å². The summed E-state index contributed by atoms with van der Waals surface area (Å²) < 4.78 is 1.85. The zero-order valence-corrected chi connectivity index (χ0v) is 14.7. The second-order valence-corrected chi connectivity index (χ2v) is 7.31. The number of anilines is 1. The second-order valence-electron chi connectivity index (χ2n) is 6.52. The van der Waals surface area contributed by atoms with E-state index in [0.717, 1.165) is 42.5 Å². The molecule has 2 atom stereocenters. The Balaban J connectivity index is 1.57. The number of halogens is 1. The van der Waals surface area contributed by atoms with Gasteiger partial charge >= 0.3 is 0 Å². The van der Waals surface area contributed by atoms with Crippen LogP contribution in [0.4, 0.5) is 5.69 Å². The molecule has 2 bridgehead atoms. The highest BCUT2D eigenvalue weighted by molar-refractivity contribution is 7.80. The zero-order chi connectivity index (χ0) is 16.7. The van der Waals surface area contributed by atoms with Crippen molar-refractivity contribution in [2.45, 2.75) is 18.9 Å². The van der Waals surface area contributed by atoms with Gasteiger partial charge in [-0.3, -0.25) is 4.79 Å². The summed E-state index contributed by atoms with van der Waals surface area (Å²) >= 11 is 12.0. The van der Waals surface area contributed by atoms with Gasteiger partial charge in [0.15, 0.2) is 5.11 Å². The highest BCUT2D eigenvalue weighted by Gasteiger charge is 2.36. The van der Waals surface area contributed by atoms with E-state index in [0.29, 0.717) is 10.9 Å². The van der Waals surface area contributed by atoms with Crippen LogP contribution >= 0.6 is 23.8 Å². The number of rotatable bonds is 1. The molecule has 0 aliphatic carbocycles. The lowest BCUT2D eigenvalue weighted by molar-refractivity contribution is 0.180. The fourth-order valence-electron chi connectivity index (χ4n) is 3.85. The molecule has 0 saturated carbocycles. The van der Waals surface area contributed by atoms with Gasteiger partial charge < -0.3 is 14.8 Å². The van der Waals surface area contributed by atoms with Crippen molar-refractivity contribution in [2.24, 2.45) is 5.92 Å². The third-order valence-corrected chi connectivity index (χ3v) is 5.53. The molecule has 3 heterocycles. The predicted molar refractivity (Wildman–Crippen MR) is 101 cm³/mol. The van der Waals surface area contributed by atoms with Crippen LogP contribution in [-0.4, -0.2) is 27.7 Å². The quantitative estimate of drug-likeness (QED) is 0.792. The molecular weight excluding hydrogens is 342 g/mol. The number of pyridine rings is 1. The summed E-state index contributed by atoms with van der Waals surface area (Å²) in [6.07, 6.45) is 1.06. The molecule has 1 aromatic carbocycles. The maximum absolute atomic E-state index is 12.2. The maximum Gasteiger partial charge on any atom is 0.250 e. The molecule has 6 heteroatoms. The number of nitrogens with one attached hydrogen (secondary N) is 1. The molecule has 2 aliphatic heterocycles. The first kappa shape index (κ1) is 15.7. The smallest absolute Gasteiger partial charge is 0.250 e. The number of piperidine rings is 1. The van der Waals surface area contributed by atoms with E-state index in [1.165, 1.54) is 0 Å². The van der Waals surface area contributed by atoms with Gasteiger partial charge in [-0.25, -0.2) is 0 Å². The van der Waals surface area contributed by atoms with Crippen LogP contribution < -0.4 is 10.9 Å². The lowest BCUT2D eigenvalue weighted by Crippen LogP contribution is -2.50. The zero-order valence-electron chi connectivity index (χ0n) is 13.1. The number of thiocarbonyl (C=S) groups is 1. The minimum absolute atomic E-state index is 0.0440. The summed E-state index contributed by atoms with van der Waals surface area (Å²) in [6.45, 7) is 2.38. The van der Waals surface area contributed by atoms with Crippen LogP contribution in [0.15, 0.2) is 47.3 Å². The first-order valence-electron chi connectivity index (χ1n) is 8.12. The van der Waals surface area contributed by atoms with Gasteiger partial charge in [0.05, 0.1) is 5.02 Å². The SMILES string of the molecule is O=c1ccc(Cl)c2n1C[C@@H]1C[C@H]2CN(C(=S)Nc2ccccc2)C1. The van der Waals surface area contributed by atoms with Gasteiger partial charge in [-0.15, -0.1) is 0 Å². The Morgan fingerprint density at radius 2 is 1.92 bits per heavy atom. The monoisotopic (exact) mass is 359 g/mol. The van der Waals surface area contributed by atoms with Gasteiger partial charge in [-0.05, 0) is 42.8 Å². The Morgan fingerprint density at radius 1 is 1.12 bits per heavy atom. The fraction of sp³-hybridized carbons (Fsp3) is 0.333. The highest BCUT2D eigenvalue weighted by Crippen LogP contribution is 2.38. The lowest BCUT2D eigenvalue weighted by atomic mass is 9.83. The molecule has 0 amide bonds. The molecule has 0 radical (unpaired) electrons. The molecule has 124 valence electrons. The van der Waals surface area contributed by atoms with Crippen LogP contribution in [0.2, 0.25) is 5.02 Å². The Morgan fingerprint density at radius 3 is 2.71 bits per heavy atom. The van der Waals surface area contributed by atoms with Crippen molar-refractivity contribution >= 4 is 34.6 Å². The highest BCUT2D eigenvalue weighted by atomic mass is 35.5. The number of hydrogen-bond acceptors (Lipinski definition) is 2. The predicted octanol–water partition coefficient (Wildman–Crippen LogP) is 3.32. The number of benzene rings is 1. The fourth-order valence-corrected chi connectivity index (χ4v) is 4.44. The summed E-state index contributed by atoms with van der Waals surface area (Å²) in [6, 6.07) is 13.2. The van der Waals surface area contributed by atoms with E-state index in [1.54, 1.807) is 12.1 Å². The van der Waals surface area contributed by atoms with Crippen molar-refractivity contribution in [3.8, 4) is 0 Å². The first-order valence-corrected chi connectivity index (χ1v) is 8.90. The Bertz CT molecular complexity index is 836. The Hall–Kier alpha value is -1.85. The van der Waals surface area contributed by atoms with E-state index in [2.05, 4.69) is 10.2 Å². The number of fused-ring (bicyclic) bond motifs is 4. The molecule has 2 aromatic rings. The third-order valence-electron chi connectivity index (χ3n) is 4.85. The van der Waals surface area contributed by atoms with Crippen LogP contribution in [0.5, 0.6) is 0 Å². The van der Waals surface area contributed by atoms with Crippen molar-refractivity contribution in [1.82, 2.24) is 9.47 Å². The first-order chi connectivity index (χ1) is 11.6. The summed E-state index contributed by atoms with van der Waals surface area (Å²) in [5, 5.41) is 4.72. The van der Waals surface area contributed by atoms with Crippen LogP contribution in [0.3, 0.4) is 0 Å². The average molecular weight is 360 g/mol. The van der Waals surface area contributed by atoms with Gasteiger partial charge in [0, 0.05) is 43.0 Å². The molecule has 1 saturated heterocycles. The maximum atomic E-state index is 12.2. The van der Waals surface area contributed by atoms with E-state index in [-0.39, 0.29) is 11.5 Å². The van der Waals surface area contributed by atoms with Crippen LogP contribution in [0, 0.1) is 5.92 Å². The number of nitrogens with zero attached hydrogens (tertiary/aromatic N) is 2. The molecule has 2 aliphatic rings. The standard InChI is InChI=1S/C18H18ClN3OS/c19-15-6-7-16(23)22-10-12-8-13(17(15)22)11-21(9-12)18(24)20-14-4-2-1-3-5-14/h1-7,12-13H,8-11H2,(H,20,24)/t12-,13+/m1/s1. The lowest BCUT2D eigenvalue weighted by Gasteiger charge is -2.44. The topological polar surface area (TPSA) is 37.3 Å². The third kappa shape index (κ3) is 2.82. The summed E-state index contributed by atoms with van der Waals surface area (Å²) in [5.41, 5.74) is 2.00. The van der Waals surface area contributed by atoms with E-state index in [4.69, 9.17) is 23.8 Å². The summed E-state index contributed by atoms with van der Waals surface area (Å²) in [5.74, 6) is 0.664. The molecule has 4 rings (SSSR count). The number of para-hydroxylation sites is 1. The summed E-state index contributed by atoms with van der Waals surface area (Å²) in [4.78, 5) is 14.4. The molecule has 0 spiro atoms. The van der Waals surface area contributed by atoms with Crippen molar-refractivity contribution < 1.29 is 0 Å². The number of aromatic nitrogens is 1. The van der Waals surface area contributed by atoms with Crippen LogP contribution in [-0.2, 0) is 6.54 Å². The van der Waals surface area contributed by atoms with Crippen molar-refractivity contribution in [3.63, 3.8) is 0 Å². The molecule has 1 aromatic heterocycles. The summed E-state index contributed by atoms with van der Waals surface area (Å²) in [7, 11) is 0. The Labute approximate surface area is 151 Å². The van der Waals surface area contributed by atoms with Crippen LogP contribution in [0.25, 0.3) is 0 Å². The average Bonchev–Trinajstić information content (AvgIpc) is 2.58. The molecule has 24 heavy (non-hydrogen) atoms. The van der Waals surface area contributed by atoms with Gasteiger partial charge in [-0.2, -0.15) is 0 Å². The number of hydrogen-bond donors (Lipinski definition) is 1. The normalized spacial score (nSPS) is 22.0. The van der Waals surface area contributed by atoms with E-state index in [1.807, 2.05) is 34.9 Å². The van der Waals surface area contributed by atoms with E-state index in [9.17, 15) is 4.79 Å². The van der Waals surface area contributed by atoms with Gasteiger partial charge in [0.25, 0.3) is 5.56 Å². The molecular formula is C18H18ClN3OS. The van der Waals surface area contributed by atoms with Crippen molar-refractivity contribution in [3.05, 3.63) is 63.5 Å². The van der Waals surface area contributed by atoms with Crippen LogP contribution in [0.1, 0.15) is 18.0 Å². The molecule has 4 nitrogen and oxygen atoms in total. The van der Waals surface area contributed by atoms with E-state index < -0.39 is 0 Å². The number of likely N-dealkylation sites (tertiary alicyclic amines) is 1. The minimum Gasteiger partial charge on any atom is -0.348 e. The minimum atomic E-state index is 0.0440. The van der Waals surface area contributed by atoms with E-state index >= 15 is 0 Å². The van der Waals surface area contributed by atoms with Gasteiger partial charge in [-0.1, -0.05) is 29.8 Å². The Kier molecular flexibility index (Phi) is 4.06. The largest absolute Gasteiger partial charge is 0.348 e. The van der Waals surface area contributed by atoms with Crippen molar-refractivity contribution in [1.29, 1.82) is 0 Å².